The minimum atomic E-state index is -3.77. The monoisotopic (exact) mass is 256 g/mol. The van der Waals surface area contributed by atoms with Crippen molar-refractivity contribution in [2.75, 3.05) is 13.4 Å². The standard InChI is InChI=1S/C8H16O7S/c1-4-5(9)6(10)7(8(13-2)14-4)15-16(3,11)12/h4-10H,1-3H3/t4-,5-,6+,7+,8+/m0/s1. The van der Waals surface area contributed by atoms with Gasteiger partial charge in [0.15, 0.2) is 12.4 Å². The minimum absolute atomic E-state index is 0.667. The maximum atomic E-state index is 11.0. The Hall–Kier alpha value is -0.250. The van der Waals surface area contributed by atoms with Crippen LogP contribution in [0.25, 0.3) is 0 Å². The van der Waals surface area contributed by atoms with Crippen LogP contribution < -0.4 is 0 Å². The van der Waals surface area contributed by atoms with Gasteiger partial charge in [-0.25, -0.2) is 0 Å². The third-order valence-corrected chi connectivity index (χ3v) is 2.87. The summed E-state index contributed by atoms with van der Waals surface area (Å²) < 4.78 is 36.6. The highest BCUT2D eigenvalue weighted by molar-refractivity contribution is 7.86. The quantitative estimate of drug-likeness (QED) is 0.589. The van der Waals surface area contributed by atoms with E-state index in [9.17, 15) is 18.6 Å². The van der Waals surface area contributed by atoms with Gasteiger partial charge in [-0.3, -0.25) is 4.18 Å². The van der Waals surface area contributed by atoms with E-state index < -0.39 is 40.8 Å². The fourth-order valence-electron chi connectivity index (χ4n) is 1.50. The molecule has 16 heavy (non-hydrogen) atoms. The third-order valence-electron chi connectivity index (χ3n) is 2.30. The van der Waals surface area contributed by atoms with Gasteiger partial charge < -0.3 is 19.7 Å². The molecule has 1 heterocycles. The predicted octanol–water partition coefficient (Wildman–Crippen LogP) is -1.56. The van der Waals surface area contributed by atoms with Crippen LogP contribution in [0.2, 0.25) is 0 Å². The van der Waals surface area contributed by atoms with E-state index in [-0.39, 0.29) is 0 Å². The first-order valence-electron chi connectivity index (χ1n) is 4.69. The molecule has 1 aliphatic rings. The van der Waals surface area contributed by atoms with E-state index in [0.717, 1.165) is 6.26 Å². The average molecular weight is 256 g/mol. The average Bonchev–Trinajstić information content (AvgIpc) is 2.17. The summed E-state index contributed by atoms with van der Waals surface area (Å²) in [6.07, 6.45) is -4.74. The van der Waals surface area contributed by atoms with E-state index in [1.807, 2.05) is 0 Å². The second kappa shape index (κ2) is 4.94. The van der Waals surface area contributed by atoms with Crippen LogP contribution in [0.3, 0.4) is 0 Å². The molecule has 2 N–H and O–H groups in total. The van der Waals surface area contributed by atoms with Crippen LogP contribution in [0, 0.1) is 0 Å². The molecule has 1 rings (SSSR count). The second-order valence-corrected chi connectivity index (χ2v) is 5.29. The van der Waals surface area contributed by atoms with E-state index in [2.05, 4.69) is 4.18 Å². The Morgan fingerprint density at radius 1 is 1.25 bits per heavy atom. The van der Waals surface area contributed by atoms with Crippen molar-refractivity contribution in [2.24, 2.45) is 0 Å². The molecule has 7 nitrogen and oxygen atoms in total. The van der Waals surface area contributed by atoms with Crippen molar-refractivity contribution in [1.29, 1.82) is 0 Å². The molecule has 5 atom stereocenters. The molecular formula is C8H16O7S. The molecule has 0 aromatic rings. The zero-order chi connectivity index (χ0) is 12.5. The topological polar surface area (TPSA) is 102 Å². The van der Waals surface area contributed by atoms with E-state index in [0.29, 0.717) is 0 Å². The summed E-state index contributed by atoms with van der Waals surface area (Å²) in [5, 5.41) is 19.2. The molecule has 0 radical (unpaired) electrons. The van der Waals surface area contributed by atoms with Gasteiger partial charge in [-0.05, 0) is 6.92 Å². The van der Waals surface area contributed by atoms with Crippen molar-refractivity contribution in [3.05, 3.63) is 0 Å². The van der Waals surface area contributed by atoms with Gasteiger partial charge in [0.25, 0.3) is 10.1 Å². The van der Waals surface area contributed by atoms with Crippen LogP contribution in [-0.2, 0) is 23.8 Å². The van der Waals surface area contributed by atoms with Gasteiger partial charge in [0, 0.05) is 7.11 Å². The smallest absolute Gasteiger partial charge is 0.264 e. The first kappa shape index (κ1) is 13.8. The molecular weight excluding hydrogens is 240 g/mol. The molecule has 0 unspecified atom stereocenters. The number of aliphatic hydroxyl groups excluding tert-OH is 2. The number of hydrogen-bond acceptors (Lipinski definition) is 7. The van der Waals surface area contributed by atoms with Gasteiger partial charge in [0.1, 0.15) is 12.2 Å². The zero-order valence-electron chi connectivity index (χ0n) is 9.23. The Labute approximate surface area is 94.1 Å². The SMILES string of the molecule is CO[C@@H]1O[C@@H](C)[C@H](O)[C@@H](O)[C@H]1OS(C)(=O)=O. The fraction of sp³-hybridized carbons (Fsp3) is 1.00. The van der Waals surface area contributed by atoms with Crippen LogP contribution in [-0.4, -0.2) is 62.7 Å². The van der Waals surface area contributed by atoms with Gasteiger partial charge in [0.2, 0.25) is 0 Å². The maximum absolute atomic E-state index is 11.0. The second-order valence-electron chi connectivity index (χ2n) is 3.69. The number of hydrogen-bond donors (Lipinski definition) is 2. The molecule has 0 saturated carbocycles. The molecule has 0 aromatic heterocycles. The first-order chi connectivity index (χ1) is 7.26. The van der Waals surface area contributed by atoms with Crippen LogP contribution in [0.4, 0.5) is 0 Å². The van der Waals surface area contributed by atoms with E-state index >= 15 is 0 Å². The summed E-state index contributed by atoms with van der Waals surface area (Å²) in [6.45, 7) is 1.54. The molecule has 0 aromatic carbocycles. The largest absolute Gasteiger partial charge is 0.388 e. The molecule has 96 valence electrons. The molecule has 0 aliphatic carbocycles. The molecule has 0 bridgehead atoms. The summed E-state index contributed by atoms with van der Waals surface area (Å²) >= 11 is 0. The molecule has 0 spiro atoms. The minimum Gasteiger partial charge on any atom is -0.388 e. The Balaban J connectivity index is 2.85. The van der Waals surface area contributed by atoms with Crippen LogP contribution in [0.5, 0.6) is 0 Å². The Bertz CT molecular complexity index is 325. The normalized spacial score (nSPS) is 40.9. The maximum Gasteiger partial charge on any atom is 0.264 e. The van der Waals surface area contributed by atoms with Crippen molar-refractivity contribution in [1.82, 2.24) is 0 Å². The van der Waals surface area contributed by atoms with Crippen molar-refractivity contribution >= 4 is 10.1 Å². The van der Waals surface area contributed by atoms with Crippen LogP contribution in [0.1, 0.15) is 6.92 Å². The summed E-state index contributed by atoms with van der Waals surface area (Å²) in [6, 6.07) is 0. The fourth-order valence-corrected chi connectivity index (χ4v) is 2.10. The lowest BCUT2D eigenvalue weighted by Crippen LogP contribution is -2.58. The van der Waals surface area contributed by atoms with Crippen LogP contribution >= 0.6 is 0 Å². The van der Waals surface area contributed by atoms with Crippen molar-refractivity contribution in [3.63, 3.8) is 0 Å². The summed E-state index contributed by atoms with van der Waals surface area (Å²) in [5.41, 5.74) is 0. The van der Waals surface area contributed by atoms with Gasteiger partial charge in [-0.2, -0.15) is 8.42 Å². The molecule has 1 saturated heterocycles. The molecule has 8 heteroatoms. The third kappa shape index (κ3) is 3.12. The zero-order valence-corrected chi connectivity index (χ0v) is 10.0. The first-order valence-corrected chi connectivity index (χ1v) is 6.50. The van der Waals surface area contributed by atoms with E-state index in [1.165, 1.54) is 14.0 Å². The number of rotatable bonds is 3. The van der Waals surface area contributed by atoms with E-state index in [1.54, 1.807) is 0 Å². The van der Waals surface area contributed by atoms with E-state index in [4.69, 9.17) is 9.47 Å². The Morgan fingerprint density at radius 3 is 2.25 bits per heavy atom. The van der Waals surface area contributed by atoms with Gasteiger partial charge >= 0.3 is 0 Å². The van der Waals surface area contributed by atoms with Gasteiger partial charge in [-0.15, -0.1) is 0 Å². The van der Waals surface area contributed by atoms with Gasteiger partial charge in [-0.1, -0.05) is 0 Å². The summed E-state index contributed by atoms with van der Waals surface area (Å²) in [4.78, 5) is 0. The number of ether oxygens (including phenoxy) is 2. The highest BCUT2D eigenvalue weighted by Gasteiger charge is 2.45. The molecule has 0 amide bonds. The Morgan fingerprint density at radius 2 is 1.81 bits per heavy atom. The highest BCUT2D eigenvalue weighted by Crippen LogP contribution is 2.24. The number of aliphatic hydroxyl groups is 2. The van der Waals surface area contributed by atoms with Crippen molar-refractivity contribution < 1.29 is 32.3 Å². The molecule has 1 fully saturated rings. The lowest BCUT2D eigenvalue weighted by atomic mass is 10.0. The van der Waals surface area contributed by atoms with Crippen LogP contribution in [0.15, 0.2) is 0 Å². The Kier molecular flexibility index (Phi) is 4.27. The highest BCUT2D eigenvalue weighted by atomic mass is 32.2. The lowest BCUT2D eigenvalue weighted by Gasteiger charge is -2.39. The van der Waals surface area contributed by atoms with Crippen molar-refractivity contribution in [3.8, 4) is 0 Å². The lowest BCUT2D eigenvalue weighted by molar-refractivity contribution is -0.279. The van der Waals surface area contributed by atoms with Gasteiger partial charge in [0.05, 0.1) is 12.4 Å². The molecule has 1 aliphatic heterocycles. The van der Waals surface area contributed by atoms with Crippen molar-refractivity contribution in [2.45, 2.75) is 37.6 Å². The summed E-state index contributed by atoms with van der Waals surface area (Å²) in [5.74, 6) is 0. The predicted molar refractivity (Wildman–Crippen MR) is 53.1 cm³/mol. The summed E-state index contributed by atoms with van der Waals surface area (Å²) in [7, 11) is -2.48. The number of methoxy groups -OCH3 is 1.